The summed E-state index contributed by atoms with van der Waals surface area (Å²) < 4.78 is 31.0. The maximum Gasteiger partial charge on any atom is 0.387 e. The third-order valence-electron chi connectivity index (χ3n) is 5.22. The minimum Gasteiger partial charge on any atom is -0.435 e. The first-order valence-electron chi connectivity index (χ1n) is 10.1. The molecule has 1 amide bonds. The number of ether oxygens (including phenoxy) is 1. The molecular formula is C23H23F2N3O2. The number of fused-ring (bicyclic) bond motifs is 1. The average molecular weight is 411 g/mol. The van der Waals surface area contributed by atoms with Crippen molar-refractivity contribution in [3.05, 3.63) is 66.0 Å². The van der Waals surface area contributed by atoms with E-state index in [0.717, 1.165) is 35.6 Å². The smallest absolute Gasteiger partial charge is 0.387 e. The van der Waals surface area contributed by atoms with Crippen LogP contribution in [-0.2, 0) is 24.2 Å². The molecule has 0 unspecified atom stereocenters. The number of aromatic nitrogens is 2. The minimum atomic E-state index is -2.84. The van der Waals surface area contributed by atoms with Crippen LogP contribution in [0.4, 0.5) is 14.5 Å². The molecule has 0 saturated carbocycles. The summed E-state index contributed by atoms with van der Waals surface area (Å²) in [5.74, 6) is 0.979. The number of hydrogen-bond donors (Lipinski definition) is 1. The van der Waals surface area contributed by atoms with E-state index in [1.54, 1.807) is 12.1 Å². The lowest BCUT2D eigenvalue weighted by Crippen LogP contribution is -2.12. The Labute approximate surface area is 173 Å². The summed E-state index contributed by atoms with van der Waals surface area (Å²) in [4.78, 5) is 16.8. The molecule has 4 rings (SSSR count). The maximum absolute atomic E-state index is 12.3. The number of imidazole rings is 1. The van der Waals surface area contributed by atoms with Gasteiger partial charge in [-0.15, -0.1) is 0 Å². The van der Waals surface area contributed by atoms with Crippen molar-refractivity contribution >= 4 is 11.6 Å². The second-order valence-electron chi connectivity index (χ2n) is 7.33. The number of nitrogens with zero attached hydrogens (tertiary/aromatic N) is 2. The van der Waals surface area contributed by atoms with Gasteiger partial charge in [0.15, 0.2) is 0 Å². The van der Waals surface area contributed by atoms with Crippen molar-refractivity contribution in [2.24, 2.45) is 0 Å². The molecule has 2 heterocycles. The highest BCUT2D eigenvalue weighted by Gasteiger charge is 2.15. The minimum absolute atomic E-state index is 0.103. The van der Waals surface area contributed by atoms with Gasteiger partial charge in [0.25, 0.3) is 0 Å². The van der Waals surface area contributed by atoms with Crippen molar-refractivity contribution in [2.75, 3.05) is 5.32 Å². The summed E-state index contributed by atoms with van der Waals surface area (Å²) in [6, 6.07) is 14.0. The van der Waals surface area contributed by atoms with Gasteiger partial charge in [0.2, 0.25) is 5.91 Å². The van der Waals surface area contributed by atoms with Gasteiger partial charge in [0.05, 0.1) is 0 Å². The number of anilines is 1. The largest absolute Gasteiger partial charge is 0.435 e. The summed E-state index contributed by atoms with van der Waals surface area (Å²) in [7, 11) is 0. The molecule has 1 aromatic heterocycles. The van der Waals surface area contributed by atoms with Crippen molar-refractivity contribution in [3.63, 3.8) is 0 Å². The van der Waals surface area contributed by atoms with Crippen molar-refractivity contribution in [1.82, 2.24) is 9.55 Å². The molecule has 0 saturated heterocycles. The molecular weight excluding hydrogens is 388 g/mol. The Hall–Kier alpha value is -3.22. The standard InChI is InChI=1S/C23H23F2N3O2/c24-23(25)30-20-11-4-16(5-12-20)6-13-21(29)27-18-9-7-17(8-10-18)22-26-15-19-3-1-2-14-28(19)22/h4-5,7-12,15,23H,1-3,6,13-14H2,(H,27,29). The Morgan fingerprint density at radius 2 is 1.87 bits per heavy atom. The molecule has 30 heavy (non-hydrogen) atoms. The molecule has 0 bridgehead atoms. The number of carbonyl (C=O) groups is 1. The Bertz CT molecular complexity index is 998. The molecule has 0 atom stereocenters. The van der Waals surface area contributed by atoms with E-state index in [-0.39, 0.29) is 11.7 Å². The number of benzene rings is 2. The Morgan fingerprint density at radius 1 is 1.10 bits per heavy atom. The molecule has 3 aromatic rings. The van der Waals surface area contributed by atoms with Gasteiger partial charge in [0, 0.05) is 36.1 Å². The first-order chi connectivity index (χ1) is 14.6. The first kappa shape index (κ1) is 20.1. The zero-order chi connectivity index (χ0) is 20.9. The van der Waals surface area contributed by atoms with Crippen LogP contribution in [0.15, 0.2) is 54.7 Å². The van der Waals surface area contributed by atoms with Gasteiger partial charge in [0.1, 0.15) is 11.6 Å². The molecule has 1 N–H and O–H groups in total. The van der Waals surface area contributed by atoms with Crippen LogP contribution in [0.5, 0.6) is 5.75 Å². The zero-order valence-corrected chi connectivity index (χ0v) is 16.5. The number of nitrogens with one attached hydrogen (secondary N) is 1. The molecule has 1 aliphatic rings. The van der Waals surface area contributed by atoms with Gasteiger partial charge >= 0.3 is 6.61 Å². The third kappa shape index (κ3) is 4.84. The van der Waals surface area contributed by atoms with Gasteiger partial charge in [-0.05, 0) is 67.6 Å². The average Bonchev–Trinajstić information content (AvgIpc) is 3.18. The van der Waals surface area contributed by atoms with Crippen LogP contribution in [0.2, 0.25) is 0 Å². The van der Waals surface area contributed by atoms with Crippen molar-refractivity contribution < 1.29 is 18.3 Å². The molecule has 0 radical (unpaired) electrons. The van der Waals surface area contributed by atoms with Crippen LogP contribution in [0.3, 0.4) is 0 Å². The van der Waals surface area contributed by atoms with E-state index in [4.69, 9.17) is 0 Å². The Kier molecular flexibility index (Phi) is 6.07. The van der Waals surface area contributed by atoms with Crippen LogP contribution >= 0.6 is 0 Å². The quantitative estimate of drug-likeness (QED) is 0.591. The lowest BCUT2D eigenvalue weighted by Gasteiger charge is -2.16. The summed E-state index contributed by atoms with van der Waals surface area (Å²) in [6.07, 6.45) is 6.22. The summed E-state index contributed by atoms with van der Waals surface area (Å²) in [6.45, 7) is -1.84. The number of aryl methyl sites for hydroxylation is 2. The van der Waals surface area contributed by atoms with Crippen LogP contribution < -0.4 is 10.1 Å². The van der Waals surface area contributed by atoms with E-state index in [9.17, 15) is 13.6 Å². The Balaban J connectivity index is 1.31. The fourth-order valence-corrected chi connectivity index (χ4v) is 3.69. The van der Waals surface area contributed by atoms with E-state index < -0.39 is 6.61 Å². The fraction of sp³-hybridized carbons (Fsp3) is 0.304. The normalized spacial score (nSPS) is 13.2. The zero-order valence-electron chi connectivity index (χ0n) is 16.5. The number of amides is 1. The van der Waals surface area contributed by atoms with E-state index in [1.807, 2.05) is 30.5 Å². The lowest BCUT2D eigenvalue weighted by molar-refractivity contribution is -0.116. The Morgan fingerprint density at radius 3 is 2.60 bits per heavy atom. The molecule has 5 nitrogen and oxygen atoms in total. The summed E-state index contributed by atoms with van der Waals surface area (Å²) in [5.41, 5.74) is 3.93. The topological polar surface area (TPSA) is 56.1 Å². The second kappa shape index (κ2) is 9.07. The fourth-order valence-electron chi connectivity index (χ4n) is 3.69. The third-order valence-corrected chi connectivity index (χ3v) is 5.22. The number of rotatable bonds is 7. The van der Waals surface area contributed by atoms with Crippen LogP contribution in [0.25, 0.3) is 11.4 Å². The number of alkyl halides is 2. The maximum atomic E-state index is 12.3. The van der Waals surface area contributed by atoms with E-state index in [1.165, 1.54) is 30.7 Å². The number of halogens is 2. The van der Waals surface area contributed by atoms with E-state index in [0.29, 0.717) is 12.8 Å². The highest BCUT2D eigenvalue weighted by molar-refractivity contribution is 5.91. The number of carbonyl (C=O) groups excluding carboxylic acids is 1. The molecule has 0 aliphatic carbocycles. The summed E-state index contributed by atoms with van der Waals surface area (Å²) in [5, 5.41) is 2.89. The van der Waals surface area contributed by atoms with Gasteiger partial charge in [-0.1, -0.05) is 12.1 Å². The van der Waals surface area contributed by atoms with Crippen LogP contribution in [-0.4, -0.2) is 22.1 Å². The van der Waals surface area contributed by atoms with Gasteiger partial charge in [-0.25, -0.2) is 4.98 Å². The SMILES string of the molecule is O=C(CCc1ccc(OC(F)F)cc1)Nc1ccc(-c2ncc3n2CCCC3)cc1. The van der Waals surface area contributed by atoms with E-state index >= 15 is 0 Å². The predicted octanol–water partition coefficient (Wildman–Crippen LogP) is 5.06. The molecule has 1 aliphatic heterocycles. The number of hydrogen-bond acceptors (Lipinski definition) is 3. The first-order valence-corrected chi connectivity index (χ1v) is 10.1. The monoisotopic (exact) mass is 411 g/mol. The van der Waals surface area contributed by atoms with Crippen molar-refractivity contribution in [1.29, 1.82) is 0 Å². The highest BCUT2D eigenvalue weighted by Crippen LogP contribution is 2.25. The van der Waals surface area contributed by atoms with Crippen molar-refractivity contribution in [2.45, 2.75) is 45.3 Å². The lowest BCUT2D eigenvalue weighted by atomic mass is 10.1. The highest BCUT2D eigenvalue weighted by atomic mass is 19.3. The van der Waals surface area contributed by atoms with Gasteiger partial charge in [-0.3, -0.25) is 4.79 Å². The molecule has 0 fully saturated rings. The van der Waals surface area contributed by atoms with Crippen LogP contribution in [0.1, 0.15) is 30.5 Å². The van der Waals surface area contributed by atoms with E-state index in [2.05, 4.69) is 19.6 Å². The molecule has 156 valence electrons. The predicted molar refractivity (Wildman–Crippen MR) is 111 cm³/mol. The van der Waals surface area contributed by atoms with Gasteiger partial charge < -0.3 is 14.6 Å². The molecule has 7 heteroatoms. The molecule has 2 aromatic carbocycles. The van der Waals surface area contributed by atoms with Crippen LogP contribution in [0, 0.1) is 0 Å². The second-order valence-corrected chi connectivity index (χ2v) is 7.33. The summed E-state index contributed by atoms with van der Waals surface area (Å²) >= 11 is 0. The molecule has 0 spiro atoms. The van der Waals surface area contributed by atoms with Crippen molar-refractivity contribution in [3.8, 4) is 17.1 Å². The van der Waals surface area contributed by atoms with Gasteiger partial charge in [-0.2, -0.15) is 8.78 Å².